The molecule has 0 spiro atoms. The van der Waals surface area contributed by atoms with Crippen molar-refractivity contribution in [3.05, 3.63) is 12.2 Å². The fourth-order valence-corrected chi connectivity index (χ4v) is 5.85. The molecule has 0 radical (unpaired) electrons. The largest absolute Gasteiger partial charge is 0.457 e. The zero-order valence-corrected chi connectivity index (χ0v) is 29.9. The lowest BCUT2D eigenvalue weighted by Gasteiger charge is -2.16. The number of aliphatic hydroxyl groups is 1. The van der Waals surface area contributed by atoms with Crippen LogP contribution in [-0.2, 0) is 14.3 Å². The van der Waals surface area contributed by atoms with E-state index < -0.39 is 6.10 Å². The lowest BCUT2D eigenvalue weighted by atomic mass is 10.0. The number of hydrogen-bond donors (Lipinski definition) is 1. The van der Waals surface area contributed by atoms with Crippen LogP contribution in [-0.4, -0.2) is 37.0 Å². The second kappa shape index (κ2) is 38.3. The number of allylic oxidation sites excluding steroid dienone is 2. The summed E-state index contributed by atoms with van der Waals surface area (Å²) in [5.74, 6) is -0.198. The summed E-state index contributed by atoms with van der Waals surface area (Å²) in [5, 5.41) is 9.57. The van der Waals surface area contributed by atoms with Crippen LogP contribution in [0.2, 0.25) is 0 Å². The quantitative estimate of drug-likeness (QED) is 0.0425. The molecule has 0 aliphatic rings. The van der Waals surface area contributed by atoms with E-state index in [1.54, 1.807) is 0 Å². The van der Waals surface area contributed by atoms with Crippen molar-refractivity contribution in [2.45, 2.75) is 219 Å². The molecular formula is C40H78O4. The van der Waals surface area contributed by atoms with Crippen LogP contribution >= 0.6 is 0 Å². The molecular weight excluding hydrogens is 544 g/mol. The summed E-state index contributed by atoms with van der Waals surface area (Å²) < 4.78 is 11.1. The van der Waals surface area contributed by atoms with Crippen molar-refractivity contribution in [2.75, 3.05) is 19.8 Å². The third-order valence-corrected chi connectivity index (χ3v) is 8.84. The highest BCUT2D eigenvalue weighted by Crippen LogP contribution is 2.14. The number of hydrogen-bond acceptors (Lipinski definition) is 4. The molecule has 0 heterocycles. The number of aliphatic hydroxyl groups excluding tert-OH is 1. The lowest BCUT2D eigenvalue weighted by molar-refractivity contribution is -0.154. The Morgan fingerprint density at radius 2 is 0.886 bits per heavy atom. The molecule has 0 aliphatic heterocycles. The van der Waals surface area contributed by atoms with Gasteiger partial charge in [0.2, 0.25) is 0 Å². The Morgan fingerprint density at radius 3 is 1.30 bits per heavy atom. The lowest BCUT2D eigenvalue weighted by Crippen LogP contribution is -2.27. The first-order valence-corrected chi connectivity index (χ1v) is 19.8. The van der Waals surface area contributed by atoms with Crippen LogP contribution in [0.4, 0.5) is 0 Å². The van der Waals surface area contributed by atoms with Crippen molar-refractivity contribution >= 4 is 5.97 Å². The molecule has 0 aliphatic carbocycles. The minimum atomic E-state index is -0.528. The molecule has 0 rings (SSSR count). The van der Waals surface area contributed by atoms with E-state index in [9.17, 15) is 9.90 Å². The summed E-state index contributed by atoms with van der Waals surface area (Å²) >= 11 is 0. The summed E-state index contributed by atoms with van der Waals surface area (Å²) in [6.07, 6.45) is 44.0. The molecule has 1 N–H and O–H groups in total. The van der Waals surface area contributed by atoms with Gasteiger partial charge in [-0.1, -0.05) is 180 Å². The number of unbranched alkanes of at least 4 members (excludes halogenated alkanes) is 27. The van der Waals surface area contributed by atoms with Gasteiger partial charge in [-0.25, -0.2) is 0 Å². The van der Waals surface area contributed by atoms with E-state index in [-0.39, 0.29) is 12.6 Å². The van der Waals surface area contributed by atoms with Crippen molar-refractivity contribution in [3.8, 4) is 0 Å². The molecule has 0 aromatic carbocycles. The van der Waals surface area contributed by atoms with E-state index in [1.807, 2.05) is 0 Å². The van der Waals surface area contributed by atoms with Crippen LogP contribution in [0.25, 0.3) is 0 Å². The standard InChI is InChI=1S/C40H78O4/c1-3-5-7-9-11-13-15-17-19-20-21-22-24-26-28-30-32-34-36-43-38-39(37-41)44-40(42)35-33-31-29-27-25-23-18-16-14-12-10-8-6-4-2/h17,19,39,41H,3-16,18,20-38H2,1-2H3/b19-17-. The fraction of sp³-hybridized carbons (Fsp3) is 0.925. The van der Waals surface area contributed by atoms with E-state index in [0.717, 1.165) is 19.3 Å². The molecule has 0 bridgehead atoms. The average Bonchev–Trinajstić information content (AvgIpc) is 3.03. The smallest absolute Gasteiger partial charge is 0.306 e. The van der Waals surface area contributed by atoms with Gasteiger partial charge in [-0.3, -0.25) is 4.79 Å². The molecule has 0 saturated heterocycles. The Kier molecular flexibility index (Phi) is 37.6. The first kappa shape index (κ1) is 43.1. The number of rotatable bonds is 37. The van der Waals surface area contributed by atoms with Crippen LogP contribution < -0.4 is 0 Å². The molecule has 0 saturated carbocycles. The fourth-order valence-electron chi connectivity index (χ4n) is 5.85. The van der Waals surface area contributed by atoms with Gasteiger partial charge in [0, 0.05) is 13.0 Å². The van der Waals surface area contributed by atoms with E-state index in [2.05, 4.69) is 26.0 Å². The zero-order valence-electron chi connectivity index (χ0n) is 29.9. The first-order valence-electron chi connectivity index (χ1n) is 19.8. The van der Waals surface area contributed by atoms with Gasteiger partial charge in [-0.2, -0.15) is 0 Å². The molecule has 4 nitrogen and oxygen atoms in total. The van der Waals surface area contributed by atoms with Crippen molar-refractivity contribution in [1.29, 1.82) is 0 Å². The highest BCUT2D eigenvalue weighted by atomic mass is 16.6. The third-order valence-electron chi connectivity index (χ3n) is 8.84. The normalized spacial score (nSPS) is 12.3. The topological polar surface area (TPSA) is 55.8 Å². The summed E-state index contributed by atoms with van der Waals surface area (Å²) in [6.45, 7) is 5.36. The van der Waals surface area contributed by atoms with Crippen molar-refractivity contribution in [1.82, 2.24) is 0 Å². The van der Waals surface area contributed by atoms with Gasteiger partial charge in [0.15, 0.2) is 0 Å². The zero-order chi connectivity index (χ0) is 32.0. The average molecular weight is 623 g/mol. The first-order chi connectivity index (χ1) is 21.7. The van der Waals surface area contributed by atoms with Crippen LogP contribution in [0.1, 0.15) is 213 Å². The summed E-state index contributed by atoms with van der Waals surface area (Å²) in [5.41, 5.74) is 0. The van der Waals surface area contributed by atoms with Crippen LogP contribution in [0.3, 0.4) is 0 Å². The van der Waals surface area contributed by atoms with Gasteiger partial charge in [0.25, 0.3) is 0 Å². The maximum atomic E-state index is 12.1. The Bertz CT molecular complexity index is 576. The van der Waals surface area contributed by atoms with Crippen LogP contribution in [0, 0.1) is 0 Å². The maximum Gasteiger partial charge on any atom is 0.306 e. The molecule has 0 amide bonds. The Balaban J connectivity index is 3.39. The summed E-state index contributed by atoms with van der Waals surface area (Å²) in [4.78, 5) is 12.1. The number of carbonyl (C=O) groups is 1. The van der Waals surface area contributed by atoms with E-state index >= 15 is 0 Å². The van der Waals surface area contributed by atoms with Crippen molar-refractivity contribution in [2.24, 2.45) is 0 Å². The monoisotopic (exact) mass is 623 g/mol. The van der Waals surface area contributed by atoms with Crippen LogP contribution in [0.15, 0.2) is 12.2 Å². The number of carbonyl (C=O) groups excluding carboxylic acids is 1. The van der Waals surface area contributed by atoms with Gasteiger partial charge in [-0.15, -0.1) is 0 Å². The Hall–Kier alpha value is -0.870. The highest BCUT2D eigenvalue weighted by Gasteiger charge is 2.13. The minimum Gasteiger partial charge on any atom is -0.457 e. The highest BCUT2D eigenvalue weighted by molar-refractivity contribution is 5.69. The molecule has 0 fully saturated rings. The van der Waals surface area contributed by atoms with Crippen LogP contribution in [0.5, 0.6) is 0 Å². The summed E-state index contributed by atoms with van der Waals surface area (Å²) in [7, 11) is 0. The Morgan fingerprint density at radius 1 is 0.523 bits per heavy atom. The minimum absolute atomic E-state index is 0.167. The second-order valence-corrected chi connectivity index (χ2v) is 13.4. The molecule has 0 aromatic heterocycles. The van der Waals surface area contributed by atoms with E-state index in [0.29, 0.717) is 19.6 Å². The molecule has 262 valence electrons. The molecule has 0 aromatic rings. The predicted molar refractivity (Wildman–Crippen MR) is 191 cm³/mol. The number of ether oxygens (including phenoxy) is 2. The molecule has 1 atom stereocenters. The third kappa shape index (κ3) is 35.6. The molecule has 1 unspecified atom stereocenters. The van der Waals surface area contributed by atoms with Crippen molar-refractivity contribution < 1.29 is 19.4 Å². The van der Waals surface area contributed by atoms with Gasteiger partial charge in [0.1, 0.15) is 6.10 Å². The Labute approximate surface area is 275 Å². The maximum absolute atomic E-state index is 12.1. The predicted octanol–water partition coefficient (Wildman–Crippen LogP) is 12.6. The SMILES string of the molecule is CCCCCCCC/C=C\CCCCCCCCCCOCC(CO)OC(=O)CCCCCCCCCCCCCCCC. The van der Waals surface area contributed by atoms with Gasteiger partial charge in [0.05, 0.1) is 13.2 Å². The second-order valence-electron chi connectivity index (χ2n) is 13.4. The molecule has 44 heavy (non-hydrogen) atoms. The van der Waals surface area contributed by atoms with E-state index in [1.165, 1.54) is 173 Å². The number of esters is 1. The molecule has 4 heteroatoms. The van der Waals surface area contributed by atoms with Crippen molar-refractivity contribution in [3.63, 3.8) is 0 Å². The van der Waals surface area contributed by atoms with Gasteiger partial charge in [-0.05, 0) is 38.5 Å². The summed E-state index contributed by atoms with van der Waals surface area (Å²) in [6, 6.07) is 0. The van der Waals surface area contributed by atoms with Gasteiger partial charge >= 0.3 is 5.97 Å². The van der Waals surface area contributed by atoms with Gasteiger partial charge < -0.3 is 14.6 Å². The van der Waals surface area contributed by atoms with E-state index in [4.69, 9.17) is 9.47 Å².